The van der Waals surface area contributed by atoms with Gasteiger partial charge in [-0.05, 0) is 0 Å². The molecule has 0 fully saturated rings. The van der Waals surface area contributed by atoms with Crippen molar-refractivity contribution in [2.75, 3.05) is 6.61 Å². The van der Waals surface area contributed by atoms with E-state index in [1.807, 2.05) is 0 Å². The van der Waals surface area contributed by atoms with Gasteiger partial charge in [0.15, 0.2) is 0 Å². The Balaban J connectivity index is 0. The van der Waals surface area contributed by atoms with Gasteiger partial charge in [0.25, 0.3) is 0 Å². The topological polar surface area (TPSA) is 66.4 Å². The Kier molecular flexibility index (Phi) is 9.40. The Morgan fingerprint density at radius 1 is 1.67 bits per heavy atom. The first-order chi connectivity index (χ1) is 3.56. The Labute approximate surface area is 113 Å². The quantitative estimate of drug-likeness (QED) is 0.305. The normalized spacial score (nSPS) is 9.89. The van der Waals surface area contributed by atoms with Crippen molar-refractivity contribution in [3.8, 4) is 0 Å². The van der Waals surface area contributed by atoms with Crippen molar-refractivity contribution in [2.24, 2.45) is 0 Å². The van der Waals surface area contributed by atoms with Crippen LogP contribution in [0.15, 0.2) is 12.7 Å². The van der Waals surface area contributed by atoms with Crippen molar-refractivity contribution in [1.29, 1.82) is 0 Å². The molecule has 0 aromatic heterocycles. The Hall–Kier alpha value is 1.66. The third kappa shape index (κ3) is 12.8. The summed E-state index contributed by atoms with van der Waals surface area (Å²) >= 11 is 0. The van der Waals surface area contributed by atoms with E-state index < -0.39 is 10.4 Å². The second-order valence-corrected chi connectivity index (χ2v) is 2.03. The molecule has 48 valence electrons. The Morgan fingerprint density at radius 3 is 2.22 bits per heavy atom. The molecule has 0 aromatic rings. The van der Waals surface area contributed by atoms with E-state index in [1.165, 1.54) is 6.08 Å². The van der Waals surface area contributed by atoms with Gasteiger partial charge in [0.05, 0.1) is 6.61 Å². The van der Waals surface area contributed by atoms with E-state index in [-0.39, 0.29) is 75.5 Å². The maximum atomic E-state index is 9.56. The van der Waals surface area contributed by atoms with Gasteiger partial charge in [-0.15, -0.1) is 6.58 Å². The second kappa shape index (κ2) is 6.38. The van der Waals surface area contributed by atoms with Crippen LogP contribution in [0.5, 0.6) is 0 Å². The van der Waals surface area contributed by atoms with Gasteiger partial charge in [0.1, 0.15) is 0 Å². The molecule has 4 nitrogen and oxygen atoms in total. The summed E-state index contributed by atoms with van der Waals surface area (Å²) in [5.74, 6) is 0. The van der Waals surface area contributed by atoms with Crippen LogP contribution in [-0.4, -0.2) is 19.6 Å². The predicted molar refractivity (Wildman–Crippen MR) is 25.8 cm³/mol. The molecule has 6 heteroatoms. The van der Waals surface area contributed by atoms with Gasteiger partial charge in [0, 0.05) is 0 Å². The molecule has 0 atom stereocenters. The van der Waals surface area contributed by atoms with Crippen LogP contribution in [0.2, 0.25) is 0 Å². The molecule has 0 N–H and O–H groups in total. The average molecular weight is 270 g/mol. The fourth-order valence-electron chi connectivity index (χ4n) is 0.131. The first-order valence-corrected chi connectivity index (χ1v) is 3.11. The maximum Gasteiger partial charge on any atom is 1.00 e. The molecule has 0 unspecified atom stereocenters. The standard InChI is InChI=1S/C3H6O4S.Cs/c1-2-3-7-8(4,5)6;/h2H,1,3H2,(H,4,5,6);/q;+1/p-1. The molecule has 0 saturated heterocycles. The molecule has 0 rings (SSSR count). The van der Waals surface area contributed by atoms with Crippen LogP contribution in [0, 0.1) is 0 Å². The minimum absolute atomic E-state index is 0. The van der Waals surface area contributed by atoms with Gasteiger partial charge in [0.2, 0.25) is 10.4 Å². The van der Waals surface area contributed by atoms with E-state index in [1.54, 1.807) is 0 Å². The first kappa shape index (κ1) is 13.3. The maximum absolute atomic E-state index is 9.56. The van der Waals surface area contributed by atoms with E-state index in [2.05, 4.69) is 10.8 Å². The van der Waals surface area contributed by atoms with E-state index >= 15 is 0 Å². The zero-order valence-corrected chi connectivity index (χ0v) is 12.1. The summed E-state index contributed by atoms with van der Waals surface area (Å²) in [6, 6.07) is 0. The van der Waals surface area contributed by atoms with Crippen molar-refractivity contribution >= 4 is 10.4 Å². The summed E-state index contributed by atoms with van der Waals surface area (Å²) < 4.78 is 32.4. The zero-order valence-electron chi connectivity index (χ0n) is 5.03. The van der Waals surface area contributed by atoms with E-state index in [4.69, 9.17) is 0 Å². The van der Waals surface area contributed by atoms with Gasteiger partial charge < -0.3 is 4.55 Å². The third-order valence-corrected chi connectivity index (χ3v) is 0.755. The number of hydrogen-bond donors (Lipinski definition) is 0. The fraction of sp³-hybridized carbons (Fsp3) is 0.333. The largest absolute Gasteiger partial charge is 1.00 e. The van der Waals surface area contributed by atoms with Crippen LogP contribution in [0.3, 0.4) is 0 Å². The minimum atomic E-state index is -4.51. The predicted octanol–water partition coefficient (Wildman–Crippen LogP) is -3.35. The van der Waals surface area contributed by atoms with Crippen molar-refractivity contribution in [1.82, 2.24) is 0 Å². The zero-order chi connectivity index (χ0) is 6.62. The SMILES string of the molecule is C=CCOS(=O)(=O)[O-].[Cs+]. The van der Waals surface area contributed by atoms with Gasteiger partial charge >= 0.3 is 68.9 Å². The fourth-order valence-corrected chi connectivity index (χ4v) is 0.394. The van der Waals surface area contributed by atoms with Crippen LogP contribution in [0.4, 0.5) is 0 Å². The molecule has 0 aliphatic rings. The average Bonchev–Trinajstić information content (AvgIpc) is 1.59. The molecule has 0 spiro atoms. The van der Waals surface area contributed by atoms with E-state index in [0.29, 0.717) is 0 Å². The Morgan fingerprint density at radius 2 is 2.11 bits per heavy atom. The van der Waals surface area contributed by atoms with Gasteiger partial charge in [-0.1, -0.05) is 6.08 Å². The molecule has 0 amide bonds. The summed E-state index contributed by atoms with van der Waals surface area (Å²) in [6.07, 6.45) is 1.18. The summed E-state index contributed by atoms with van der Waals surface area (Å²) in [4.78, 5) is 0. The molecular formula is C3H5CsO4S. The second-order valence-electron chi connectivity index (χ2n) is 0.981. The van der Waals surface area contributed by atoms with E-state index in [9.17, 15) is 13.0 Å². The molecule has 0 saturated carbocycles. The van der Waals surface area contributed by atoms with Crippen LogP contribution in [-0.2, 0) is 14.6 Å². The molecule has 0 aliphatic carbocycles. The summed E-state index contributed by atoms with van der Waals surface area (Å²) in [5.41, 5.74) is 0. The van der Waals surface area contributed by atoms with E-state index in [0.717, 1.165) is 0 Å². The summed E-state index contributed by atoms with van der Waals surface area (Å²) in [7, 11) is -4.51. The molecule has 0 aromatic carbocycles. The molecule has 0 heterocycles. The number of hydrogen-bond acceptors (Lipinski definition) is 4. The number of rotatable bonds is 3. The third-order valence-electron chi connectivity index (χ3n) is 0.330. The van der Waals surface area contributed by atoms with Crippen molar-refractivity contribution in [2.45, 2.75) is 0 Å². The molecule has 0 bridgehead atoms. The van der Waals surface area contributed by atoms with Crippen LogP contribution in [0.25, 0.3) is 0 Å². The van der Waals surface area contributed by atoms with Crippen LogP contribution in [0.1, 0.15) is 0 Å². The Bertz CT molecular complexity index is 161. The van der Waals surface area contributed by atoms with Crippen molar-refractivity contribution in [3.63, 3.8) is 0 Å². The van der Waals surface area contributed by atoms with Crippen LogP contribution >= 0.6 is 0 Å². The molecule has 9 heavy (non-hydrogen) atoms. The summed E-state index contributed by atoms with van der Waals surface area (Å²) in [6.45, 7) is 2.88. The van der Waals surface area contributed by atoms with Crippen molar-refractivity contribution < 1.29 is 86.0 Å². The summed E-state index contributed by atoms with van der Waals surface area (Å²) in [5, 5.41) is 0. The van der Waals surface area contributed by atoms with Crippen molar-refractivity contribution in [3.05, 3.63) is 12.7 Å². The van der Waals surface area contributed by atoms with Crippen LogP contribution < -0.4 is 68.9 Å². The molecule has 0 radical (unpaired) electrons. The van der Waals surface area contributed by atoms with Gasteiger partial charge in [-0.2, -0.15) is 0 Å². The minimum Gasteiger partial charge on any atom is -0.726 e. The van der Waals surface area contributed by atoms with Gasteiger partial charge in [-0.25, -0.2) is 8.42 Å². The molecular weight excluding hydrogens is 265 g/mol. The monoisotopic (exact) mass is 270 g/mol. The first-order valence-electron chi connectivity index (χ1n) is 1.77. The molecule has 0 aliphatic heterocycles. The van der Waals surface area contributed by atoms with Gasteiger partial charge in [-0.3, -0.25) is 4.18 Å². The smallest absolute Gasteiger partial charge is 0.726 e.